The summed E-state index contributed by atoms with van der Waals surface area (Å²) >= 11 is 11.7. The first-order chi connectivity index (χ1) is 9.10. The molecule has 19 heavy (non-hydrogen) atoms. The van der Waals surface area contributed by atoms with Gasteiger partial charge in [0, 0.05) is 18.9 Å². The first-order valence-electron chi connectivity index (χ1n) is 5.50. The Balaban J connectivity index is 2.13. The molecule has 1 aromatic heterocycles. The maximum atomic E-state index is 12.0. The zero-order valence-corrected chi connectivity index (χ0v) is 11.6. The molecule has 6 heteroatoms. The topological polar surface area (TPSA) is 54.0 Å². The summed E-state index contributed by atoms with van der Waals surface area (Å²) in [5, 5.41) is 6.44. The van der Waals surface area contributed by atoms with E-state index < -0.39 is 0 Å². The van der Waals surface area contributed by atoms with Crippen molar-refractivity contribution < 1.29 is 4.79 Å². The Bertz CT molecular complexity index is 599. The second-order valence-corrected chi connectivity index (χ2v) is 4.58. The molecule has 1 heterocycles. The average Bonchev–Trinajstić information content (AvgIpc) is 2.43. The molecule has 0 saturated heterocycles. The van der Waals surface area contributed by atoms with Crippen LogP contribution in [0.15, 0.2) is 36.5 Å². The summed E-state index contributed by atoms with van der Waals surface area (Å²) < 4.78 is 0. The largest absolute Gasteiger partial charge is 0.373 e. The van der Waals surface area contributed by atoms with Crippen molar-refractivity contribution in [1.29, 1.82) is 0 Å². The average molecular weight is 296 g/mol. The number of nitrogens with zero attached hydrogens (tertiary/aromatic N) is 1. The van der Waals surface area contributed by atoms with Crippen LogP contribution in [0.1, 0.15) is 10.4 Å². The van der Waals surface area contributed by atoms with Crippen LogP contribution in [0.25, 0.3) is 0 Å². The van der Waals surface area contributed by atoms with Gasteiger partial charge in [0.05, 0.1) is 15.6 Å². The molecule has 0 saturated carbocycles. The number of halogens is 2. The van der Waals surface area contributed by atoms with Crippen molar-refractivity contribution in [2.75, 3.05) is 17.7 Å². The summed E-state index contributed by atoms with van der Waals surface area (Å²) in [6.45, 7) is 0. The molecule has 0 spiro atoms. The molecule has 0 fully saturated rings. The SMILES string of the molecule is CNc1ccc(C(=O)Nc2ccc(Cl)c(Cl)c2)cn1. The number of aromatic nitrogens is 1. The second kappa shape index (κ2) is 5.91. The summed E-state index contributed by atoms with van der Waals surface area (Å²) in [5.74, 6) is 0.444. The Hall–Kier alpha value is -1.78. The van der Waals surface area contributed by atoms with E-state index in [1.807, 2.05) is 0 Å². The highest BCUT2D eigenvalue weighted by Gasteiger charge is 2.07. The molecule has 0 aliphatic heterocycles. The number of anilines is 2. The number of hydrogen-bond donors (Lipinski definition) is 2. The lowest BCUT2D eigenvalue weighted by Gasteiger charge is -2.06. The van der Waals surface area contributed by atoms with E-state index in [4.69, 9.17) is 23.2 Å². The van der Waals surface area contributed by atoms with Gasteiger partial charge in [0.25, 0.3) is 5.91 Å². The molecule has 0 unspecified atom stereocenters. The minimum atomic E-state index is -0.256. The van der Waals surface area contributed by atoms with E-state index in [0.717, 1.165) is 0 Å². The van der Waals surface area contributed by atoms with Gasteiger partial charge in [0.15, 0.2) is 0 Å². The van der Waals surface area contributed by atoms with Gasteiger partial charge in [-0.05, 0) is 30.3 Å². The Kier molecular flexibility index (Phi) is 4.24. The van der Waals surface area contributed by atoms with Gasteiger partial charge in [-0.2, -0.15) is 0 Å². The van der Waals surface area contributed by atoms with E-state index in [1.54, 1.807) is 37.4 Å². The third-order valence-corrected chi connectivity index (χ3v) is 3.20. The molecule has 1 aromatic carbocycles. The Morgan fingerprint density at radius 1 is 1.16 bits per heavy atom. The highest BCUT2D eigenvalue weighted by molar-refractivity contribution is 6.42. The van der Waals surface area contributed by atoms with Gasteiger partial charge >= 0.3 is 0 Å². The van der Waals surface area contributed by atoms with Gasteiger partial charge < -0.3 is 10.6 Å². The first-order valence-corrected chi connectivity index (χ1v) is 6.26. The van der Waals surface area contributed by atoms with Crippen molar-refractivity contribution in [3.05, 3.63) is 52.1 Å². The van der Waals surface area contributed by atoms with Gasteiger partial charge in [-0.1, -0.05) is 23.2 Å². The highest BCUT2D eigenvalue weighted by Crippen LogP contribution is 2.25. The van der Waals surface area contributed by atoms with E-state index in [2.05, 4.69) is 15.6 Å². The molecule has 4 nitrogen and oxygen atoms in total. The third kappa shape index (κ3) is 3.36. The maximum Gasteiger partial charge on any atom is 0.257 e. The fourth-order valence-electron chi connectivity index (χ4n) is 1.45. The van der Waals surface area contributed by atoms with Crippen LogP contribution in [0.2, 0.25) is 10.0 Å². The van der Waals surface area contributed by atoms with E-state index in [-0.39, 0.29) is 5.91 Å². The molecule has 2 N–H and O–H groups in total. The van der Waals surface area contributed by atoms with Gasteiger partial charge in [-0.15, -0.1) is 0 Å². The van der Waals surface area contributed by atoms with Crippen LogP contribution in [0, 0.1) is 0 Å². The van der Waals surface area contributed by atoms with E-state index in [9.17, 15) is 4.79 Å². The number of pyridine rings is 1. The Morgan fingerprint density at radius 2 is 1.95 bits per heavy atom. The van der Waals surface area contributed by atoms with Crippen molar-refractivity contribution in [2.24, 2.45) is 0 Å². The van der Waals surface area contributed by atoms with Crippen LogP contribution in [-0.4, -0.2) is 17.9 Å². The number of hydrogen-bond acceptors (Lipinski definition) is 3. The second-order valence-electron chi connectivity index (χ2n) is 3.77. The Morgan fingerprint density at radius 3 is 2.53 bits per heavy atom. The Labute approximate surface area is 120 Å². The molecule has 2 aromatic rings. The zero-order chi connectivity index (χ0) is 13.8. The number of nitrogens with one attached hydrogen (secondary N) is 2. The number of carbonyl (C=O) groups excluding carboxylic acids is 1. The normalized spacial score (nSPS) is 10.1. The van der Waals surface area contributed by atoms with Gasteiger partial charge in [-0.25, -0.2) is 4.98 Å². The van der Waals surface area contributed by atoms with Gasteiger partial charge in [0.1, 0.15) is 5.82 Å². The lowest BCUT2D eigenvalue weighted by molar-refractivity contribution is 0.102. The summed E-state index contributed by atoms with van der Waals surface area (Å²) in [6.07, 6.45) is 1.50. The van der Waals surface area contributed by atoms with Crippen LogP contribution < -0.4 is 10.6 Å². The lowest BCUT2D eigenvalue weighted by Crippen LogP contribution is -2.12. The van der Waals surface area contributed by atoms with Crippen LogP contribution in [0.3, 0.4) is 0 Å². The summed E-state index contributed by atoms with van der Waals surface area (Å²) in [7, 11) is 1.76. The monoisotopic (exact) mass is 295 g/mol. The number of carbonyl (C=O) groups is 1. The van der Waals surface area contributed by atoms with Gasteiger partial charge in [0.2, 0.25) is 0 Å². The third-order valence-electron chi connectivity index (χ3n) is 2.46. The van der Waals surface area contributed by atoms with Crippen molar-refractivity contribution in [1.82, 2.24) is 4.98 Å². The highest BCUT2D eigenvalue weighted by atomic mass is 35.5. The molecular weight excluding hydrogens is 285 g/mol. The maximum absolute atomic E-state index is 12.0. The molecule has 0 bridgehead atoms. The number of rotatable bonds is 3. The van der Waals surface area contributed by atoms with Crippen LogP contribution in [0.5, 0.6) is 0 Å². The quantitative estimate of drug-likeness (QED) is 0.908. The van der Waals surface area contributed by atoms with Gasteiger partial charge in [-0.3, -0.25) is 4.79 Å². The predicted octanol–water partition coefficient (Wildman–Crippen LogP) is 3.68. The molecule has 0 radical (unpaired) electrons. The molecular formula is C13H11Cl2N3O. The van der Waals surface area contributed by atoms with Crippen molar-refractivity contribution >= 4 is 40.6 Å². The minimum Gasteiger partial charge on any atom is -0.373 e. The van der Waals surface area contributed by atoms with Crippen LogP contribution in [0.4, 0.5) is 11.5 Å². The standard InChI is InChI=1S/C13H11Cl2N3O/c1-16-12-5-2-8(7-17-12)13(19)18-9-3-4-10(14)11(15)6-9/h2-7H,1H3,(H,16,17)(H,18,19). The van der Waals surface area contributed by atoms with E-state index >= 15 is 0 Å². The van der Waals surface area contributed by atoms with E-state index in [1.165, 1.54) is 6.20 Å². The van der Waals surface area contributed by atoms with Crippen molar-refractivity contribution in [2.45, 2.75) is 0 Å². The smallest absolute Gasteiger partial charge is 0.257 e. The molecule has 0 aliphatic rings. The number of amides is 1. The van der Waals surface area contributed by atoms with Crippen LogP contribution in [-0.2, 0) is 0 Å². The molecule has 0 aliphatic carbocycles. The molecule has 1 amide bonds. The fraction of sp³-hybridized carbons (Fsp3) is 0.0769. The van der Waals surface area contributed by atoms with Crippen molar-refractivity contribution in [3.8, 4) is 0 Å². The first kappa shape index (κ1) is 13.6. The molecule has 98 valence electrons. The number of benzene rings is 1. The van der Waals surface area contributed by atoms with E-state index in [0.29, 0.717) is 27.1 Å². The van der Waals surface area contributed by atoms with Crippen LogP contribution >= 0.6 is 23.2 Å². The summed E-state index contributed by atoms with van der Waals surface area (Å²) in [6, 6.07) is 8.32. The van der Waals surface area contributed by atoms with Crippen molar-refractivity contribution in [3.63, 3.8) is 0 Å². The minimum absolute atomic E-state index is 0.256. The fourth-order valence-corrected chi connectivity index (χ4v) is 1.75. The predicted molar refractivity (Wildman–Crippen MR) is 78.2 cm³/mol. The molecule has 2 rings (SSSR count). The summed E-state index contributed by atoms with van der Waals surface area (Å²) in [4.78, 5) is 16.0. The summed E-state index contributed by atoms with van der Waals surface area (Å²) in [5.41, 5.74) is 1.04. The molecule has 0 atom stereocenters. The lowest BCUT2D eigenvalue weighted by atomic mass is 10.2. The zero-order valence-electron chi connectivity index (χ0n) is 10.1.